The van der Waals surface area contributed by atoms with E-state index in [1.165, 1.54) is 5.56 Å². The fourth-order valence-electron chi connectivity index (χ4n) is 3.33. The molecule has 1 amide bonds. The van der Waals surface area contributed by atoms with Gasteiger partial charge in [-0.2, -0.15) is 0 Å². The third kappa shape index (κ3) is 6.68. The summed E-state index contributed by atoms with van der Waals surface area (Å²) in [5, 5.41) is 2.94. The fraction of sp³-hybridized carbons (Fsp3) is 0.435. The van der Waals surface area contributed by atoms with Crippen LogP contribution in [0.2, 0.25) is 0 Å². The van der Waals surface area contributed by atoms with E-state index in [-0.39, 0.29) is 5.91 Å². The predicted octanol–water partition coefficient (Wildman–Crippen LogP) is 3.23. The number of hydrogen-bond donors (Lipinski definition) is 1. The van der Waals surface area contributed by atoms with Crippen molar-refractivity contribution < 1.29 is 4.79 Å². The van der Waals surface area contributed by atoms with E-state index in [0.29, 0.717) is 18.2 Å². The third-order valence-corrected chi connectivity index (χ3v) is 5.07. The van der Waals surface area contributed by atoms with Crippen LogP contribution in [-0.4, -0.2) is 60.0 Å². The lowest BCUT2D eigenvalue weighted by molar-refractivity contribution is 0.0948. The van der Waals surface area contributed by atoms with Gasteiger partial charge in [0.05, 0.1) is 0 Å². The lowest BCUT2D eigenvalue weighted by Gasteiger charge is -2.34. The Labute approximate surface area is 173 Å². The van der Waals surface area contributed by atoms with Crippen molar-refractivity contribution in [1.29, 1.82) is 0 Å². The van der Waals surface area contributed by atoms with Gasteiger partial charge in [0.1, 0.15) is 5.69 Å². The minimum absolute atomic E-state index is 0.116. The Bertz CT molecular complexity index is 785. The van der Waals surface area contributed by atoms with Crippen LogP contribution in [0.3, 0.4) is 0 Å². The van der Waals surface area contributed by atoms with Crippen LogP contribution >= 0.6 is 0 Å². The van der Waals surface area contributed by atoms with Crippen molar-refractivity contribution in [2.75, 3.05) is 44.2 Å². The van der Waals surface area contributed by atoms with E-state index < -0.39 is 0 Å². The molecule has 6 heteroatoms. The van der Waals surface area contributed by atoms with Crippen LogP contribution in [0.15, 0.2) is 48.7 Å². The van der Waals surface area contributed by atoms with Crippen molar-refractivity contribution in [1.82, 2.24) is 20.2 Å². The summed E-state index contributed by atoms with van der Waals surface area (Å²) in [4.78, 5) is 25.7. The van der Waals surface area contributed by atoms with Gasteiger partial charge in [0.15, 0.2) is 0 Å². The van der Waals surface area contributed by atoms with Crippen LogP contribution < -0.4 is 10.2 Å². The summed E-state index contributed by atoms with van der Waals surface area (Å²) in [5.41, 5.74) is 1.67. The molecule has 0 aliphatic carbocycles. The number of aromatic nitrogens is 2. The summed E-state index contributed by atoms with van der Waals surface area (Å²) in [6, 6.07) is 12.0. The fourth-order valence-corrected chi connectivity index (χ4v) is 3.33. The number of piperazine rings is 1. The topological polar surface area (TPSA) is 61.4 Å². The van der Waals surface area contributed by atoms with E-state index >= 15 is 0 Å². The maximum atomic E-state index is 12.3. The van der Waals surface area contributed by atoms with Gasteiger partial charge in [-0.15, -0.1) is 0 Å². The van der Waals surface area contributed by atoms with Crippen LogP contribution in [0, 0.1) is 0 Å². The average Bonchev–Trinajstić information content (AvgIpc) is 2.78. The van der Waals surface area contributed by atoms with E-state index in [0.717, 1.165) is 52.0 Å². The Morgan fingerprint density at radius 3 is 2.66 bits per heavy atom. The standard InChI is InChI=1S/C23H31N5O/c1-2-3-7-13-24-22(29)21-12-14-25-23(26-21)28-18-16-27(17-19-28)15-8-11-20-9-5-4-6-10-20/h4-6,8-12,14H,2-3,7,13,15-19H2,1H3,(H,24,29)/b11-8+. The maximum Gasteiger partial charge on any atom is 0.270 e. The van der Waals surface area contributed by atoms with Gasteiger partial charge in [-0.25, -0.2) is 9.97 Å². The van der Waals surface area contributed by atoms with Crippen molar-refractivity contribution in [2.45, 2.75) is 26.2 Å². The van der Waals surface area contributed by atoms with Gasteiger partial charge >= 0.3 is 0 Å². The Hall–Kier alpha value is -2.73. The van der Waals surface area contributed by atoms with Gasteiger partial charge in [0, 0.05) is 45.5 Å². The monoisotopic (exact) mass is 393 g/mol. The molecule has 1 aliphatic rings. The number of anilines is 1. The lowest BCUT2D eigenvalue weighted by atomic mass is 10.2. The van der Waals surface area contributed by atoms with E-state index in [4.69, 9.17) is 0 Å². The highest BCUT2D eigenvalue weighted by Gasteiger charge is 2.19. The van der Waals surface area contributed by atoms with E-state index in [1.807, 2.05) is 6.07 Å². The number of amides is 1. The smallest absolute Gasteiger partial charge is 0.270 e. The second-order valence-corrected chi connectivity index (χ2v) is 7.31. The van der Waals surface area contributed by atoms with Gasteiger partial charge in [-0.05, 0) is 18.1 Å². The molecule has 1 aliphatic heterocycles. The molecule has 0 radical (unpaired) electrons. The van der Waals surface area contributed by atoms with Gasteiger partial charge in [-0.1, -0.05) is 62.2 Å². The first-order valence-corrected chi connectivity index (χ1v) is 10.6. The Morgan fingerprint density at radius 2 is 1.90 bits per heavy atom. The summed E-state index contributed by atoms with van der Waals surface area (Å²) in [5.74, 6) is 0.528. The quantitative estimate of drug-likeness (QED) is 0.663. The Morgan fingerprint density at radius 1 is 1.10 bits per heavy atom. The van der Waals surface area contributed by atoms with Gasteiger partial charge < -0.3 is 10.2 Å². The van der Waals surface area contributed by atoms with E-state index in [1.54, 1.807) is 12.3 Å². The number of nitrogens with zero attached hydrogens (tertiary/aromatic N) is 4. The summed E-state index contributed by atoms with van der Waals surface area (Å²) < 4.78 is 0. The summed E-state index contributed by atoms with van der Waals surface area (Å²) in [6.45, 7) is 7.41. The van der Waals surface area contributed by atoms with Crippen LogP contribution in [-0.2, 0) is 0 Å². The molecule has 0 unspecified atom stereocenters. The van der Waals surface area contributed by atoms with Crippen molar-refractivity contribution >= 4 is 17.9 Å². The molecule has 0 atom stereocenters. The Kier molecular flexibility index (Phi) is 8.19. The molecule has 6 nitrogen and oxygen atoms in total. The number of unbranched alkanes of at least 4 members (excludes halogenated alkanes) is 2. The van der Waals surface area contributed by atoms with Crippen LogP contribution in [0.5, 0.6) is 0 Å². The second-order valence-electron chi connectivity index (χ2n) is 7.31. The number of nitrogens with one attached hydrogen (secondary N) is 1. The SMILES string of the molecule is CCCCCNC(=O)c1ccnc(N2CCN(C/C=C/c3ccccc3)CC2)n1. The number of rotatable bonds is 9. The molecule has 1 aromatic heterocycles. The predicted molar refractivity (Wildman–Crippen MR) is 118 cm³/mol. The first-order chi connectivity index (χ1) is 14.3. The zero-order valence-corrected chi connectivity index (χ0v) is 17.3. The van der Waals surface area contributed by atoms with Crippen molar-refractivity contribution in [3.8, 4) is 0 Å². The number of carbonyl (C=O) groups is 1. The summed E-state index contributed by atoms with van der Waals surface area (Å²) in [6.07, 6.45) is 9.32. The molecule has 2 heterocycles. The minimum Gasteiger partial charge on any atom is -0.351 e. The lowest BCUT2D eigenvalue weighted by Crippen LogP contribution is -2.47. The highest BCUT2D eigenvalue weighted by Crippen LogP contribution is 2.12. The number of benzene rings is 1. The minimum atomic E-state index is -0.116. The average molecular weight is 394 g/mol. The molecule has 0 spiro atoms. The van der Waals surface area contributed by atoms with Gasteiger partial charge in [0.25, 0.3) is 5.91 Å². The van der Waals surface area contributed by atoms with Crippen LogP contribution in [0.4, 0.5) is 5.95 Å². The molecule has 3 rings (SSSR count). The van der Waals surface area contributed by atoms with Gasteiger partial charge in [0.2, 0.25) is 5.95 Å². The zero-order valence-electron chi connectivity index (χ0n) is 17.3. The molecular weight excluding hydrogens is 362 g/mol. The normalized spacial score (nSPS) is 15.0. The van der Waals surface area contributed by atoms with Gasteiger partial charge in [-0.3, -0.25) is 9.69 Å². The van der Waals surface area contributed by atoms with E-state index in [9.17, 15) is 4.79 Å². The second kappa shape index (κ2) is 11.3. The van der Waals surface area contributed by atoms with Crippen molar-refractivity contribution in [2.24, 2.45) is 0 Å². The number of hydrogen-bond acceptors (Lipinski definition) is 5. The van der Waals surface area contributed by atoms with Crippen LogP contribution in [0.25, 0.3) is 6.08 Å². The summed E-state index contributed by atoms with van der Waals surface area (Å²) >= 11 is 0. The Balaban J connectivity index is 1.46. The zero-order chi connectivity index (χ0) is 20.3. The molecule has 2 aromatic rings. The number of carbonyl (C=O) groups excluding carboxylic acids is 1. The highest BCUT2D eigenvalue weighted by atomic mass is 16.1. The maximum absolute atomic E-state index is 12.3. The molecule has 1 saturated heterocycles. The summed E-state index contributed by atoms with van der Waals surface area (Å²) in [7, 11) is 0. The molecule has 0 bridgehead atoms. The van der Waals surface area contributed by atoms with Crippen molar-refractivity contribution in [3.63, 3.8) is 0 Å². The first-order valence-electron chi connectivity index (χ1n) is 10.6. The molecular formula is C23H31N5O. The molecule has 0 saturated carbocycles. The van der Waals surface area contributed by atoms with Crippen LogP contribution in [0.1, 0.15) is 42.2 Å². The van der Waals surface area contributed by atoms with E-state index in [2.05, 4.69) is 68.4 Å². The molecule has 1 N–H and O–H groups in total. The molecule has 29 heavy (non-hydrogen) atoms. The first kappa shape index (κ1) is 21.0. The third-order valence-electron chi connectivity index (χ3n) is 5.07. The molecule has 1 aromatic carbocycles. The largest absolute Gasteiger partial charge is 0.351 e. The molecule has 154 valence electrons. The van der Waals surface area contributed by atoms with Crippen molar-refractivity contribution in [3.05, 3.63) is 59.9 Å². The highest BCUT2D eigenvalue weighted by molar-refractivity contribution is 5.92. The molecule has 1 fully saturated rings.